The molecule has 0 fully saturated rings. The molecule has 18 heavy (non-hydrogen) atoms. The normalized spacial score (nSPS) is 18.4. The van der Waals surface area contributed by atoms with Crippen molar-refractivity contribution in [3.63, 3.8) is 0 Å². The van der Waals surface area contributed by atoms with Crippen LogP contribution in [0.25, 0.3) is 0 Å². The Bertz CT molecular complexity index is 290. The van der Waals surface area contributed by atoms with Gasteiger partial charge >= 0.3 is 11.9 Å². The summed E-state index contributed by atoms with van der Waals surface area (Å²) >= 11 is 0. The standard InChI is InChI=1S/C14H26O4/c1-9(2)7-13(5,11(15)16)14(6,12(17)18)8-10(3)4/h9-10H,7-8H2,1-6H3,(H,15,16)(H,17,18). The zero-order valence-corrected chi connectivity index (χ0v) is 12.3. The van der Waals surface area contributed by atoms with Crippen LogP contribution in [0.2, 0.25) is 0 Å². The van der Waals surface area contributed by atoms with E-state index in [4.69, 9.17) is 0 Å². The van der Waals surface area contributed by atoms with Crippen LogP contribution < -0.4 is 0 Å². The van der Waals surface area contributed by atoms with Gasteiger partial charge in [0.1, 0.15) is 0 Å². The van der Waals surface area contributed by atoms with Gasteiger partial charge in [-0.3, -0.25) is 9.59 Å². The lowest BCUT2D eigenvalue weighted by atomic mass is 9.59. The molecule has 0 saturated carbocycles. The average molecular weight is 258 g/mol. The second-order valence-electron chi connectivity index (χ2n) is 6.47. The number of carboxylic acid groups (broad SMARTS) is 2. The van der Waals surface area contributed by atoms with Crippen molar-refractivity contribution in [1.82, 2.24) is 0 Å². The minimum absolute atomic E-state index is 0.136. The molecule has 4 nitrogen and oxygen atoms in total. The first-order valence-electron chi connectivity index (χ1n) is 6.44. The van der Waals surface area contributed by atoms with Crippen molar-refractivity contribution >= 4 is 11.9 Å². The Balaban J connectivity index is 5.64. The van der Waals surface area contributed by atoms with E-state index < -0.39 is 22.8 Å². The molecular formula is C14H26O4. The Kier molecular flexibility index (Phi) is 5.38. The van der Waals surface area contributed by atoms with Gasteiger partial charge in [0.05, 0.1) is 10.8 Å². The lowest BCUT2D eigenvalue weighted by Gasteiger charge is -2.42. The van der Waals surface area contributed by atoms with Gasteiger partial charge in [0.2, 0.25) is 0 Å². The van der Waals surface area contributed by atoms with Crippen LogP contribution in [-0.2, 0) is 9.59 Å². The van der Waals surface area contributed by atoms with E-state index in [9.17, 15) is 19.8 Å². The van der Waals surface area contributed by atoms with Crippen LogP contribution in [-0.4, -0.2) is 22.2 Å². The Hall–Kier alpha value is -1.06. The molecular weight excluding hydrogens is 232 g/mol. The number of aliphatic carboxylic acids is 2. The topological polar surface area (TPSA) is 74.6 Å². The van der Waals surface area contributed by atoms with Crippen molar-refractivity contribution in [3.8, 4) is 0 Å². The van der Waals surface area contributed by atoms with Gasteiger partial charge in [-0.15, -0.1) is 0 Å². The van der Waals surface area contributed by atoms with E-state index in [1.165, 1.54) is 0 Å². The molecule has 4 heteroatoms. The molecule has 0 aromatic heterocycles. The van der Waals surface area contributed by atoms with Gasteiger partial charge in [-0.05, 0) is 38.5 Å². The van der Waals surface area contributed by atoms with E-state index >= 15 is 0 Å². The summed E-state index contributed by atoms with van der Waals surface area (Å²) in [7, 11) is 0. The lowest BCUT2D eigenvalue weighted by molar-refractivity contribution is -0.174. The van der Waals surface area contributed by atoms with Gasteiger partial charge in [0.15, 0.2) is 0 Å². The number of carboxylic acids is 2. The zero-order valence-electron chi connectivity index (χ0n) is 12.3. The summed E-state index contributed by atoms with van der Waals surface area (Å²) in [5, 5.41) is 19.0. The van der Waals surface area contributed by atoms with Crippen LogP contribution >= 0.6 is 0 Å². The van der Waals surface area contributed by atoms with Gasteiger partial charge in [-0.2, -0.15) is 0 Å². The second kappa shape index (κ2) is 5.72. The van der Waals surface area contributed by atoms with E-state index in [0.717, 1.165) is 0 Å². The first kappa shape index (κ1) is 16.9. The maximum atomic E-state index is 11.6. The van der Waals surface area contributed by atoms with Crippen molar-refractivity contribution in [2.24, 2.45) is 22.7 Å². The molecule has 0 bridgehead atoms. The third-order valence-corrected chi connectivity index (χ3v) is 3.79. The molecule has 0 aliphatic rings. The summed E-state index contributed by atoms with van der Waals surface area (Å²) in [5.41, 5.74) is -2.51. The SMILES string of the molecule is CC(C)CC(C)(C(=O)O)C(C)(CC(C)C)C(=O)O. The molecule has 0 amide bonds. The van der Waals surface area contributed by atoms with Crippen LogP contribution in [0, 0.1) is 22.7 Å². The summed E-state index contributed by atoms with van der Waals surface area (Å²) in [6.07, 6.45) is 0.718. The molecule has 0 heterocycles. The molecule has 0 radical (unpaired) electrons. The summed E-state index contributed by atoms with van der Waals surface area (Å²) in [6.45, 7) is 10.8. The zero-order chi connectivity index (χ0) is 14.7. The largest absolute Gasteiger partial charge is 0.481 e. The number of rotatable bonds is 7. The first-order valence-corrected chi connectivity index (χ1v) is 6.44. The lowest BCUT2D eigenvalue weighted by Crippen LogP contribution is -2.50. The highest BCUT2D eigenvalue weighted by Gasteiger charge is 2.55. The number of hydrogen-bond donors (Lipinski definition) is 2. The third-order valence-electron chi connectivity index (χ3n) is 3.79. The fourth-order valence-electron chi connectivity index (χ4n) is 2.73. The molecule has 106 valence electrons. The highest BCUT2D eigenvalue weighted by Crippen LogP contribution is 2.48. The first-order chi connectivity index (χ1) is 7.97. The van der Waals surface area contributed by atoms with Crippen LogP contribution in [0.5, 0.6) is 0 Å². The molecule has 0 saturated heterocycles. The van der Waals surface area contributed by atoms with Crippen molar-refractivity contribution < 1.29 is 19.8 Å². The molecule has 0 aliphatic carbocycles. The van der Waals surface area contributed by atoms with E-state index in [2.05, 4.69) is 0 Å². The number of hydrogen-bond acceptors (Lipinski definition) is 2. The molecule has 0 aromatic carbocycles. The molecule has 2 N–H and O–H groups in total. The van der Waals surface area contributed by atoms with E-state index in [0.29, 0.717) is 12.8 Å². The predicted molar refractivity (Wildman–Crippen MR) is 70.4 cm³/mol. The summed E-state index contributed by atoms with van der Waals surface area (Å²) in [6, 6.07) is 0. The number of carbonyl (C=O) groups is 2. The molecule has 0 aliphatic heterocycles. The van der Waals surface area contributed by atoms with Gasteiger partial charge in [0, 0.05) is 0 Å². The average Bonchev–Trinajstić information content (AvgIpc) is 2.14. The molecule has 0 aromatic rings. The maximum Gasteiger partial charge on any atom is 0.310 e. The molecule has 0 rings (SSSR count). The van der Waals surface area contributed by atoms with Crippen molar-refractivity contribution in [1.29, 1.82) is 0 Å². The summed E-state index contributed by atoms with van der Waals surface area (Å²) in [4.78, 5) is 23.3. The highest BCUT2D eigenvalue weighted by molar-refractivity contribution is 5.86. The monoisotopic (exact) mass is 258 g/mol. The van der Waals surface area contributed by atoms with Gasteiger partial charge in [0.25, 0.3) is 0 Å². The van der Waals surface area contributed by atoms with Crippen LogP contribution in [0.1, 0.15) is 54.4 Å². The van der Waals surface area contributed by atoms with Gasteiger partial charge in [-0.1, -0.05) is 27.7 Å². The fourth-order valence-corrected chi connectivity index (χ4v) is 2.73. The quantitative estimate of drug-likeness (QED) is 0.735. The minimum atomic E-state index is -1.25. The third kappa shape index (κ3) is 3.24. The van der Waals surface area contributed by atoms with E-state index in [1.54, 1.807) is 13.8 Å². The fraction of sp³-hybridized carbons (Fsp3) is 0.857. The van der Waals surface area contributed by atoms with E-state index in [-0.39, 0.29) is 11.8 Å². The van der Waals surface area contributed by atoms with Gasteiger partial charge < -0.3 is 10.2 Å². The molecule has 0 spiro atoms. The Morgan fingerprint density at radius 1 is 0.833 bits per heavy atom. The maximum absolute atomic E-state index is 11.6. The Morgan fingerprint density at radius 3 is 1.17 bits per heavy atom. The molecule has 2 atom stereocenters. The predicted octanol–water partition coefficient (Wildman–Crippen LogP) is 3.26. The van der Waals surface area contributed by atoms with Crippen LogP contribution in [0.4, 0.5) is 0 Å². The minimum Gasteiger partial charge on any atom is -0.481 e. The summed E-state index contributed by atoms with van der Waals surface area (Å²) < 4.78 is 0. The Morgan fingerprint density at radius 2 is 1.06 bits per heavy atom. The van der Waals surface area contributed by atoms with Crippen molar-refractivity contribution in [2.75, 3.05) is 0 Å². The van der Waals surface area contributed by atoms with Crippen molar-refractivity contribution in [3.05, 3.63) is 0 Å². The smallest absolute Gasteiger partial charge is 0.310 e. The highest BCUT2D eigenvalue weighted by atomic mass is 16.4. The van der Waals surface area contributed by atoms with E-state index in [1.807, 2.05) is 27.7 Å². The molecule has 2 unspecified atom stereocenters. The second-order valence-corrected chi connectivity index (χ2v) is 6.47. The van der Waals surface area contributed by atoms with Crippen molar-refractivity contribution in [2.45, 2.75) is 54.4 Å². The van der Waals surface area contributed by atoms with Gasteiger partial charge in [-0.25, -0.2) is 0 Å². The van der Waals surface area contributed by atoms with Crippen LogP contribution in [0.3, 0.4) is 0 Å². The summed E-state index contributed by atoms with van der Waals surface area (Å²) in [5.74, 6) is -1.78. The van der Waals surface area contributed by atoms with Crippen LogP contribution in [0.15, 0.2) is 0 Å². The Labute approximate surface area is 109 Å².